The number of amides is 1. The van der Waals surface area contributed by atoms with Gasteiger partial charge in [-0.1, -0.05) is 6.08 Å². The predicted octanol–water partition coefficient (Wildman–Crippen LogP) is 3.13. The molecule has 156 valence electrons. The number of halogens is 3. The van der Waals surface area contributed by atoms with E-state index in [2.05, 4.69) is 19.7 Å². The molecule has 3 aromatic rings. The maximum atomic E-state index is 12.4. The lowest BCUT2D eigenvalue weighted by molar-refractivity contribution is -0.274. The molecular weight excluding hydrogens is 421 g/mol. The van der Waals surface area contributed by atoms with E-state index in [0.29, 0.717) is 40.5 Å². The van der Waals surface area contributed by atoms with Gasteiger partial charge in [-0.05, 0) is 24.3 Å². The van der Waals surface area contributed by atoms with Gasteiger partial charge in [0.15, 0.2) is 0 Å². The zero-order valence-corrected chi connectivity index (χ0v) is 16.2. The van der Waals surface area contributed by atoms with Crippen molar-refractivity contribution in [3.8, 4) is 17.0 Å². The standard InChI is InChI=1S/C19H15F3N4O3S/c20-19(21,22)29-13-5-3-11(4-6-13)15-16-18(30-10-23-16)25-17(24-15)12-8-26(9-12)14(28)2-1-7-27/h1-6,10,12,27H,7-9H2/b2-1+. The Kier molecular flexibility index (Phi) is 5.39. The second-order valence-corrected chi connectivity index (χ2v) is 7.37. The van der Waals surface area contributed by atoms with Gasteiger partial charge in [0.2, 0.25) is 5.91 Å². The van der Waals surface area contributed by atoms with E-state index >= 15 is 0 Å². The van der Waals surface area contributed by atoms with Crippen molar-refractivity contribution in [2.24, 2.45) is 0 Å². The first-order chi connectivity index (χ1) is 14.3. The minimum absolute atomic E-state index is 0.0606. The highest BCUT2D eigenvalue weighted by Gasteiger charge is 2.34. The maximum absolute atomic E-state index is 12.4. The number of alkyl halides is 3. The Morgan fingerprint density at radius 1 is 1.27 bits per heavy atom. The number of nitrogens with zero attached hydrogens (tertiary/aromatic N) is 4. The summed E-state index contributed by atoms with van der Waals surface area (Å²) in [7, 11) is 0. The summed E-state index contributed by atoms with van der Waals surface area (Å²) in [6, 6.07) is 5.42. The number of fused-ring (bicyclic) bond motifs is 1. The summed E-state index contributed by atoms with van der Waals surface area (Å²) in [4.78, 5) is 27.6. The van der Waals surface area contributed by atoms with Crippen molar-refractivity contribution in [3.63, 3.8) is 0 Å². The Morgan fingerprint density at radius 2 is 2.00 bits per heavy atom. The number of carbonyl (C=O) groups is 1. The van der Waals surface area contributed by atoms with E-state index in [9.17, 15) is 18.0 Å². The van der Waals surface area contributed by atoms with Crippen LogP contribution in [0.25, 0.3) is 21.6 Å². The molecule has 1 saturated heterocycles. The van der Waals surface area contributed by atoms with Gasteiger partial charge in [-0.3, -0.25) is 4.79 Å². The first-order valence-corrected chi connectivity index (χ1v) is 9.75. The minimum Gasteiger partial charge on any atom is -0.406 e. The Morgan fingerprint density at radius 3 is 2.67 bits per heavy atom. The number of likely N-dealkylation sites (tertiary alicyclic amines) is 1. The molecule has 1 N–H and O–H groups in total. The molecule has 2 aromatic heterocycles. The molecule has 30 heavy (non-hydrogen) atoms. The first-order valence-electron chi connectivity index (χ1n) is 8.87. The zero-order valence-electron chi connectivity index (χ0n) is 15.3. The molecule has 0 unspecified atom stereocenters. The minimum atomic E-state index is -4.76. The summed E-state index contributed by atoms with van der Waals surface area (Å²) < 4.78 is 41.0. The molecule has 0 spiro atoms. The molecular formula is C19H15F3N4O3S. The van der Waals surface area contributed by atoms with E-state index in [1.165, 1.54) is 47.8 Å². The monoisotopic (exact) mass is 436 g/mol. The van der Waals surface area contributed by atoms with Crippen LogP contribution in [0.2, 0.25) is 0 Å². The lowest BCUT2D eigenvalue weighted by Crippen LogP contribution is -2.48. The van der Waals surface area contributed by atoms with Crippen molar-refractivity contribution >= 4 is 27.6 Å². The highest BCUT2D eigenvalue weighted by atomic mass is 32.1. The normalized spacial score (nSPS) is 15.0. The van der Waals surface area contributed by atoms with E-state index in [1.54, 1.807) is 10.4 Å². The second-order valence-electron chi connectivity index (χ2n) is 6.53. The number of rotatable bonds is 5. The number of aliphatic hydroxyl groups excluding tert-OH is 1. The van der Waals surface area contributed by atoms with Crippen molar-refractivity contribution < 1.29 is 27.8 Å². The Hall–Kier alpha value is -3.05. The number of hydrogen-bond acceptors (Lipinski definition) is 7. The predicted molar refractivity (Wildman–Crippen MR) is 103 cm³/mol. The maximum Gasteiger partial charge on any atom is 0.573 e. The molecule has 0 saturated carbocycles. The fraction of sp³-hybridized carbons (Fsp3) is 0.263. The molecule has 1 aromatic carbocycles. The van der Waals surface area contributed by atoms with Crippen LogP contribution < -0.4 is 4.74 Å². The van der Waals surface area contributed by atoms with E-state index in [-0.39, 0.29) is 24.2 Å². The van der Waals surface area contributed by atoms with Crippen LogP contribution in [0.15, 0.2) is 41.9 Å². The zero-order chi connectivity index (χ0) is 21.3. The van der Waals surface area contributed by atoms with E-state index in [0.717, 1.165) is 0 Å². The van der Waals surface area contributed by atoms with Crippen molar-refractivity contribution in [1.82, 2.24) is 19.9 Å². The molecule has 0 atom stereocenters. The first kappa shape index (κ1) is 20.2. The van der Waals surface area contributed by atoms with Gasteiger partial charge in [-0.15, -0.1) is 24.5 Å². The Bertz CT molecular complexity index is 1090. The lowest BCUT2D eigenvalue weighted by atomic mass is 9.98. The molecule has 0 aliphatic carbocycles. The molecule has 7 nitrogen and oxygen atoms in total. The smallest absolute Gasteiger partial charge is 0.406 e. The summed E-state index contributed by atoms with van der Waals surface area (Å²) in [6.07, 6.45) is -2.06. The van der Waals surface area contributed by atoms with Crippen molar-refractivity contribution in [2.75, 3.05) is 19.7 Å². The number of aliphatic hydroxyl groups is 1. The van der Waals surface area contributed by atoms with Crippen LogP contribution in [-0.2, 0) is 4.79 Å². The van der Waals surface area contributed by atoms with Crippen LogP contribution >= 0.6 is 11.3 Å². The summed E-state index contributed by atoms with van der Waals surface area (Å²) in [5, 5.41) is 8.76. The molecule has 1 aliphatic rings. The fourth-order valence-corrected chi connectivity index (χ4v) is 3.72. The van der Waals surface area contributed by atoms with Gasteiger partial charge in [-0.2, -0.15) is 0 Å². The van der Waals surface area contributed by atoms with E-state index in [4.69, 9.17) is 5.11 Å². The van der Waals surface area contributed by atoms with Gasteiger partial charge < -0.3 is 14.7 Å². The van der Waals surface area contributed by atoms with Crippen LogP contribution in [0, 0.1) is 0 Å². The summed E-state index contributed by atoms with van der Waals surface area (Å²) >= 11 is 1.34. The number of ether oxygens (including phenoxy) is 1. The van der Waals surface area contributed by atoms with Crippen LogP contribution in [0.1, 0.15) is 11.7 Å². The third kappa shape index (κ3) is 4.26. The number of aromatic nitrogens is 3. The fourth-order valence-electron chi connectivity index (χ4n) is 3.06. The van der Waals surface area contributed by atoms with Crippen LogP contribution in [-0.4, -0.2) is 56.9 Å². The molecule has 0 bridgehead atoms. The number of hydrogen-bond donors (Lipinski definition) is 1. The molecule has 1 aliphatic heterocycles. The van der Waals surface area contributed by atoms with Crippen LogP contribution in [0.5, 0.6) is 5.75 Å². The van der Waals surface area contributed by atoms with Crippen molar-refractivity contribution in [3.05, 3.63) is 47.8 Å². The topological polar surface area (TPSA) is 88.4 Å². The second kappa shape index (κ2) is 8.00. The Labute approximate surface area is 172 Å². The molecule has 4 rings (SSSR count). The highest BCUT2D eigenvalue weighted by Crippen LogP contribution is 2.33. The van der Waals surface area contributed by atoms with Gasteiger partial charge in [0.25, 0.3) is 0 Å². The molecule has 11 heteroatoms. The van der Waals surface area contributed by atoms with Gasteiger partial charge >= 0.3 is 6.36 Å². The van der Waals surface area contributed by atoms with Crippen LogP contribution in [0.4, 0.5) is 13.2 Å². The molecule has 1 fully saturated rings. The van der Waals surface area contributed by atoms with Gasteiger partial charge in [0.05, 0.1) is 18.0 Å². The number of thiazole rings is 1. The van der Waals surface area contributed by atoms with Crippen molar-refractivity contribution in [2.45, 2.75) is 12.3 Å². The van der Waals surface area contributed by atoms with Crippen LogP contribution in [0.3, 0.4) is 0 Å². The third-order valence-electron chi connectivity index (χ3n) is 4.50. The third-order valence-corrected chi connectivity index (χ3v) is 5.22. The molecule has 0 radical (unpaired) electrons. The van der Waals surface area contributed by atoms with Gasteiger partial charge in [0.1, 0.15) is 27.6 Å². The molecule has 1 amide bonds. The highest BCUT2D eigenvalue weighted by molar-refractivity contribution is 7.16. The number of carbonyl (C=O) groups excluding carboxylic acids is 1. The van der Waals surface area contributed by atoms with E-state index in [1.807, 2.05) is 0 Å². The van der Waals surface area contributed by atoms with Gasteiger partial charge in [-0.25, -0.2) is 15.0 Å². The summed E-state index contributed by atoms with van der Waals surface area (Å²) in [6.45, 7) is 0.678. The quantitative estimate of drug-likeness (QED) is 0.619. The largest absolute Gasteiger partial charge is 0.573 e. The van der Waals surface area contributed by atoms with E-state index < -0.39 is 6.36 Å². The average molecular weight is 436 g/mol. The Balaban J connectivity index is 1.58. The molecule has 3 heterocycles. The van der Waals surface area contributed by atoms with Crippen molar-refractivity contribution in [1.29, 1.82) is 0 Å². The number of benzene rings is 1. The summed E-state index contributed by atoms with van der Waals surface area (Å²) in [5.41, 5.74) is 3.29. The summed E-state index contributed by atoms with van der Waals surface area (Å²) in [5.74, 6) is -0.0269. The lowest BCUT2D eigenvalue weighted by Gasteiger charge is -2.37. The average Bonchev–Trinajstić information content (AvgIpc) is 3.12. The SMILES string of the molecule is O=C(/C=C/CO)N1CC(c2nc(-c3ccc(OC(F)(F)F)cc3)c3ncsc3n2)C1. The van der Waals surface area contributed by atoms with Gasteiger partial charge in [0, 0.05) is 24.7 Å².